The molecule has 1 rings (SSSR count). The lowest BCUT2D eigenvalue weighted by Gasteiger charge is -2.14. The summed E-state index contributed by atoms with van der Waals surface area (Å²) in [6.45, 7) is 2.47. The maximum Gasteiger partial charge on any atom is 0.222 e. The Hall–Kier alpha value is -1.32. The molecule has 0 aromatic rings. The van der Waals surface area contributed by atoms with Gasteiger partial charge in [0.1, 0.15) is 0 Å². The van der Waals surface area contributed by atoms with Crippen LogP contribution in [0.5, 0.6) is 0 Å². The van der Waals surface area contributed by atoms with E-state index >= 15 is 0 Å². The molecule has 0 radical (unpaired) electrons. The molecule has 2 amide bonds. The molecule has 1 fully saturated rings. The maximum atomic E-state index is 11.6. The van der Waals surface area contributed by atoms with Crippen molar-refractivity contribution >= 4 is 12.3 Å². The van der Waals surface area contributed by atoms with Gasteiger partial charge in [0.05, 0.1) is 0 Å². The van der Waals surface area contributed by atoms with E-state index in [9.17, 15) is 9.59 Å². The lowest BCUT2D eigenvalue weighted by atomic mass is 10.2. The molecule has 1 heterocycles. The first-order valence-corrected chi connectivity index (χ1v) is 5.82. The summed E-state index contributed by atoms with van der Waals surface area (Å²) in [4.78, 5) is 25.4. The average molecular weight is 224 g/mol. The molecule has 0 aliphatic carbocycles. The highest BCUT2D eigenvalue weighted by molar-refractivity contribution is 5.76. The van der Waals surface area contributed by atoms with Crippen molar-refractivity contribution in [3.8, 4) is 0 Å². The zero-order chi connectivity index (χ0) is 11.8. The number of nitrogens with zero attached hydrogens (tertiary/aromatic N) is 2. The number of allylic oxidation sites excluding steroid dienone is 1. The van der Waals surface area contributed by atoms with Crippen LogP contribution in [0.2, 0.25) is 0 Å². The Morgan fingerprint density at radius 1 is 1.31 bits per heavy atom. The molecule has 1 aliphatic heterocycles. The number of carbonyl (C=O) groups is 2. The third kappa shape index (κ3) is 4.47. The van der Waals surface area contributed by atoms with E-state index in [0.717, 1.165) is 38.8 Å². The predicted octanol–water partition coefficient (Wildman–Crippen LogP) is 1.03. The van der Waals surface area contributed by atoms with E-state index in [4.69, 9.17) is 0 Å². The highest BCUT2D eigenvalue weighted by atomic mass is 16.2. The zero-order valence-electron chi connectivity index (χ0n) is 9.89. The molecule has 0 saturated carbocycles. The van der Waals surface area contributed by atoms with Crippen molar-refractivity contribution in [1.82, 2.24) is 9.80 Å². The summed E-state index contributed by atoms with van der Waals surface area (Å²) in [6, 6.07) is 0. The summed E-state index contributed by atoms with van der Waals surface area (Å²) in [5, 5.41) is 0. The number of hydrogen-bond donors (Lipinski definition) is 0. The van der Waals surface area contributed by atoms with E-state index in [1.54, 1.807) is 11.9 Å². The van der Waals surface area contributed by atoms with E-state index in [2.05, 4.69) is 0 Å². The number of carbonyl (C=O) groups excluding carboxylic acids is 2. The molecule has 0 atom stereocenters. The minimum Gasteiger partial charge on any atom is -0.345 e. The largest absolute Gasteiger partial charge is 0.345 e. The van der Waals surface area contributed by atoms with Gasteiger partial charge in [0.15, 0.2) is 0 Å². The van der Waals surface area contributed by atoms with Crippen LogP contribution in [-0.4, -0.2) is 48.8 Å². The molecule has 4 heteroatoms. The highest BCUT2D eigenvalue weighted by Gasteiger charge is 2.16. The first kappa shape index (κ1) is 12.7. The Kier molecular flexibility index (Phi) is 5.61. The van der Waals surface area contributed by atoms with Crippen molar-refractivity contribution in [3.05, 3.63) is 12.2 Å². The summed E-state index contributed by atoms with van der Waals surface area (Å²) in [5.74, 6) is 0.255. The number of likely N-dealkylation sites (tertiary alicyclic amines) is 1. The van der Waals surface area contributed by atoms with Crippen molar-refractivity contribution in [2.45, 2.75) is 25.7 Å². The zero-order valence-corrected chi connectivity index (χ0v) is 9.89. The van der Waals surface area contributed by atoms with Crippen molar-refractivity contribution in [3.63, 3.8) is 0 Å². The summed E-state index contributed by atoms with van der Waals surface area (Å²) in [5.41, 5.74) is 0. The molecule has 0 aromatic carbocycles. The normalized spacial score (nSPS) is 15.7. The smallest absolute Gasteiger partial charge is 0.222 e. The third-order valence-corrected chi connectivity index (χ3v) is 2.72. The molecule has 1 saturated heterocycles. The second-order valence-electron chi connectivity index (χ2n) is 4.14. The lowest BCUT2D eigenvalue weighted by Crippen LogP contribution is -2.27. The topological polar surface area (TPSA) is 40.6 Å². The molecule has 90 valence electrons. The Morgan fingerprint density at radius 2 is 2.00 bits per heavy atom. The molecular formula is C12H20N2O2. The van der Waals surface area contributed by atoms with E-state index in [1.807, 2.05) is 17.1 Å². The minimum absolute atomic E-state index is 0.255. The van der Waals surface area contributed by atoms with Gasteiger partial charge in [-0.05, 0) is 19.3 Å². The second kappa shape index (κ2) is 7.04. The first-order valence-electron chi connectivity index (χ1n) is 5.82. The number of hydrogen-bond acceptors (Lipinski definition) is 2. The fraction of sp³-hybridized carbons (Fsp3) is 0.667. The van der Waals surface area contributed by atoms with Crippen LogP contribution in [0, 0.1) is 0 Å². The standard InChI is InChI=1S/C12H20N2O2/c1-13(11-15)8-4-2-3-7-12(16)14-9-5-6-10-14/h2,4,11H,3,5-10H2,1H3/b4-2+. The lowest BCUT2D eigenvalue weighted by molar-refractivity contribution is -0.130. The van der Waals surface area contributed by atoms with E-state index < -0.39 is 0 Å². The van der Waals surface area contributed by atoms with Gasteiger partial charge in [-0.1, -0.05) is 12.2 Å². The van der Waals surface area contributed by atoms with Crippen LogP contribution in [0.15, 0.2) is 12.2 Å². The Morgan fingerprint density at radius 3 is 2.62 bits per heavy atom. The van der Waals surface area contributed by atoms with Crippen LogP contribution in [0.3, 0.4) is 0 Å². The Balaban J connectivity index is 2.10. The van der Waals surface area contributed by atoms with Crippen LogP contribution >= 0.6 is 0 Å². The fourth-order valence-corrected chi connectivity index (χ4v) is 1.73. The minimum atomic E-state index is 0.255. The van der Waals surface area contributed by atoms with Crippen LogP contribution in [0.1, 0.15) is 25.7 Å². The molecule has 0 unspecified atom stereocenters. The first-order chi connectivity index (χ1) is 7.74. The quantitative estimate of drug-likeness (QED) is 0.499. The monoisotopic (exact) mass is 224 g/mol. The number of rotatable bonds is 6. The maximum absolute atomic E-state index is 11.6. The summed E-state index contributed by atoms with van der Waals surface area (Å²) >= 11 is 0. The third-order valence-electron chi connectivity index (χ3n) is 2.72. The van der Waals surface area contributed by atoms with Crippen LogP contribution in [-0.2, 0) is 9.59 Å². The van der Waals surface area contributed by atoms with Crippen molar-refractivity contribution in [2.24, 2.45) is 0 Å². The van der Waals surface area contributed by atoms with Crippen LogP contribution < -0.4 is 0 Å². The van der Waals surface area contributed by atoms with Gasteiger partial charge in [0, 0.05) is 33.1 Å². The fourth-order valence-electron chi connectivity index (χ4n) is 1.73. The molecule has 0 aromatic heterocycles. The second-order valence-corrected chi connectivity index (χ2v) is 4.14. The van der Waals surface area contributed by atoms with Gasteiger partial charge in [0.25, 0.3) is 0 Å². The predicted molar refractivity (Wildman–Crippen MR) is 62.9 cm³/mol. The van der Waals surface area contributed by atoms with Crippen molar-refractivity contribution in [1.29, 1.82) is 0 Å². The van der Waals surface area contributed by atoms with E-state index in [0.29, 0.717) is 13.0 Å². The van der Waals surface area contributed by atoms with Crippen LogP contribution in [0.4, 0.5) is 0 Å². The molecule has 0 spiro atoms. The Bertz CT molecular complexity index is 258. The number of likely N-dealkylation sites (N-methyl/N-ethyl adjacent to an activating group) is 1. The van der Waals surface area contributed by atoms with Gasteiger partial charge in [0.2, 0.25) is 12.3 Å². The molecule has 16 heavy (non-hydrogen) atoms. The van der Waals surface area contributed by atoms with Crippen molar-refractivity contribution < 1.29 is 9.59 Å². The van der Waals surface area contributed by atoms with E-state index in [1.165, 1.54) is 0 Å². The SMILES string of the molecule is CN(C=O)C/C=C/CCC(=O)N1CCCC1. The molecule has 0 bridgehead atoms. The van der Waals surface area contributed by atoms with E-state index in [-0.39, 0.29) is 5.91 Å². The van der Waals surface area contributed by atoms with Gasteiger partial charge >= 0.3 is 0 Å². The van der Waals surface area contributed by atoms with Crippen LogP contribution in [0.25, 0.3) is 0 Å². The van der Waals surface area contributed by atoms with Gasteiger partial charge in [-0.3, -0.25) is 9.59 Å². The van der Waals surface area contributed by atoms with Gasteiger partial charge in [-0.25, -0.2) is 0 Å². The summed E-state index contributed by atoms with van der Waals surface area (Å²) in [6.07, 6.45) is 8.32. The molecular weight excluding hydrogens is 204 g/mol. The van der Waals surface area contributed by atoms with Gasteiger partial charge in [-0.15, -0.1) is 0 Å². The Labute approximate surface area is 96.9 Å². The van der Waals surface area contributed by atoms with Gasteiger partial charge < -0.3 is 9.80 Å². The summed E-state index contributed by atoms with van der Waals surface area (Å²) < 4.78 is 0. The highest BCUT2D eigenvalue weighted by Crippen LogP contribution is 2.09. The average Bonchev–Trinajstić information content (AvgIpc) is 2.81. The number of amides is 2. The van der Waals surface area contributed by atoms with Gasteiger partial charge in [-0.2, -0.15) is 0 Å². The molecule has 4 nitrogen and oxygen atoms in total. The molecule has 0 N–H and O–H groups in total. The molecule has 1 aliphatic rings. The summed E-state index contributed by atoms with van der Waals surface area (Å²) in [7, 11) is 1.73. The van der Waals surface area contributed by atoms with Crippen molar-refractivity contribution in [2.75, 3.05) is 26.7 Å².